The molecule has 0 radical (unpaired) electrons. The Kier molecular flexibility index (Phi) is 3.48. The lowest BCUT2D eigenvalue weighted by atomic mass is 10.1. The summed E-state index contributed by atoms with van der Waals surface area (Å²) in [5.74, 6) is 0.0546. The molecule has 2 atom stereocenters. The van der Waals surface area contributed by atoms with E-state index in [0.29, 0.717) is 17.8 Å². The van der Waals surface area contributed by atoms with E-state index in [1.807, 2.05) is 12.1 Å². The van der Waals surface area contributed by atoms with Gasteiger partial charge >= 0.3 is 0 Å². The molecule has 6 heteroatoms. The van der Waals surface area contributed by atoms with Crippen LogP contribution in [0.3, 0.4) is 0 Å². The van der Waals surface area contributed by atoms with Gasteiger partial charge in [-0.1, -0.05) is 5.16 Å². The third-order valence-corrected chi connectivity index (χ3v) is 4.38. The van der Waals surface area contributed by atoms with Gasteiger partial charge in [0.25, 0.3) is 0 Å². The van der Waals surface area contributed by atoms with Gasteiger partial charge in [0.2, 0.25) is 0 Å². The van der Waals surface area contributed by atoms with Crippen LogP contribution in [0.2, 0.25) is 0 Å². The van der Waals surface area contributed by atoms with Gasteiger partial charge in [-0.25, -0.2) is 0 Å². The topological polar surface area (TPSA) is 78.0 Å². The third kappa shape index (κ3) is 2.31. The molecule has 2 fully saturated rings. The molecule has 0 saturated carbocycles. The zero-order chi connectivity index (χ0) is 14.1. The van der Waals surface area contributed by atoms with Crippen LogP contribution in [0.5, 0.6) is 0 Å². The zero-order valence-electron chi connectivity index (χ0n) is 11.7. The van der Waals surface area contributed by atoms with E-state index in [9.17, 15) is 0 Å². The van der Waals surface area contributed by atoms with E-state index in [1.54, 1.807) is 6.20 Å². The van der Waals surface area contributed by atoms with Gasteiger partial charge in [0.1, 0.15) is 5.69 Å². The van der Waals surface area contributed by atoms with Crippen LogP contribution in [-0.2, 0) is 0 Å². The van der Waals surface area contributed by atoms with Gasteiger partial charge in [-0.2, -0.15) is 0 Å². The van der Waals surface area contributed by atoms with E-state index in [4.69, 9.17) is 10.9 Å². The summed E-state index contributed by atoms with van der Waals surface area (Å²) in [7, 11) is 0. The lowest BCUT2D eigenvalue weighted by molar-refractivity contribution is 0.203. The molecule has 2 aliphatic rings. The Balaban J connectivity index is 1.84. The number of piperazine rings is 1. The maximum Gasteiger partial charge on any atom is 0.188 e. The second-order valence-electron chi connectivity index (χ2n) is 5.68. The molecule has 1 aromatic rings. The smallest absolute Gasteiger partial charge is 0.188 e. The van der Waals surface area contributed by atoms with Crippen LogP contribution in [0, 0.1) is 0 Å². The fourth-order valence-electron chi connectivity index (χ4n) is 3.34. The van der Waals surface area contributed by atoms with Crippen LogP contribution in [0.1, 0.15) is 25.5 Å². The number of amidine groups is 1. The van der Waals surface area contributed by atoms with E-state index in [1.165, 1.54) is 19.4 Å². The Morgan fingerprint density at radius 3 is 3.15 bits per heavy atom. The molecule has 0 aliphatic carbocycles. The van der Waals surface area contributed by atoms with E-state index in [-0.39, 0.29) is 5.84 Å². The maximum absolute atomic E-state index is 8.77. The molecule has 0 aromatic carbocycles. The molecule has 0 spiro atoms. The average molecular weight is 275 g/mol. The van der Waals surface area contributed by atoms with Crippen molar-refractivity contribution < 1.29 is 5.21 Å². The highest BCUT2D eigenvalue weighted by Crippen LogP contribution is 2.28. The second-order valence-corrected chi connectivity index (χ2v) is 5.68. The van der Waals surface area contributed by atoms with Crippen molar-refractivity contribution in [1.29, 1.82) is 0 Å². The Labute approximate surface area is 118 Å². The zero-order valence-corrected chi connectivity index (χ0v) is 11.7. The number of anilines is 1. The van der Waals surface area contributed by atoms with Crippen molar-refractivity contribution in [3.05, 3.63) is 24.0 Å². The minimum absolute atomic E-state index is 0.0546. The molecule has 3 N–H and O–H groups in total. The van der Waals surface area contributed by atoms with E-state index >= 15 is 0 Å². The van der Waals surface area contributed by atoms with Gasteiger partial charge in [0.15, 0.2) is 5.84 Å². The number of hydrogen-bond donors (Lipinski definition) is 2. The normalized spacial score (nSPS) is 27.6. The molecule has 2 unspecified atom stereocenters. The number of nitrogens with zero attached hydrogens (tertiary/aromatic N) is 4. The third-order valence-electron chi connectivity index (χ3n) is 4.38. The number of oxime groups is 1. The SMILES string of the molecule is CC1CN2CCCC2CN1c1ccnc(/C(N)=N/O)c1. The van der Waals surface area contributed by atoms with Crippen molar-refractivity contribution >= 4 is 11.5 Å². The fraction of sp³-hybridized carbons (Fsp3) is 0.571. The lowest BCUT2D eigenvalue weighted by Gasteiger charge is -2.43. The van der Waals surface area contributed by atoms with Crippen molar-refractivity contribution in [3.63, 3.8) is 0 Å². The standard InChI is InChI=1S/C14H21N5O/c1-10-8-18-6-2-3-12(18)9-19(10)11-4-5-16-13(7-11)14(15)17-20/h4-5,7,10,12,20H,2-3,6,8-9H2,1H3,(H2,15,17). The highest BCUT2D eigenvalue weighted by Gasteiger charge is 2.34. The van der Waals surface area contributed by atoms with E-state index in [0.717, 1.165) is 18.8 Å². The number of rotatable bonds is 2. The highest BCUT2D eigenvalue weighted by molar-refractivity contribution is 5.95. The van der Waals surface area contributed by atoms with Gasteiger partial charge in [-0.15, -0.1) is 0 Å². The molecule has 108 valence electrons. The molecular formula is C14H21N5O. The number of fused-ring (bicyclic) bond motifs is 1. The van der Waals surface area contributed by atoms with Gasteiger partial charge in [-0.3, -0.25) is 9.88 Å². The Hall–Kier alpha value is -1.82. The van der Waals surface area contributed by atoms with Gasteiger partial charge in [0.05, 0.1) is 0 Å². The Bertz CT molecular complexity index is 518. The summed E-state index contributed by atoms with van der Waals surface area (Å²) >= 11 is 0. The van der Waals surface area contributed by atoms with E-state index < -0.39 is 0 Å². The predicted octanol–water partition coefficient (Wildman–Crippen LogP) is 0.849. The monoisotopic (exact) mass is 275 g/mol. The molecule has 2 aliphatic heterocycles. The first-order valence-corrected chi connectivity index (χ1v) is 7.13. The first-order chi connectivity index (χ1) is 9.69. The largest absolute Gasteiger partial charge is 0.409 e. The molecule has 1 aromatic heterocycles. The summed E-state index contributed by atoms with van der Waals surface area (Å²) in [6.45, 7) is 5.62. The van der Waals surface area contributed by atoms with Crippen LogP contribution in [0.4, 0.5) is 5.69 Å². The van der Waals surface area contributed by atoms with Crippen LogP contribution < -0.4 is 10.6 Å². The molecule has 0 amide bonds. The van der Waals surface area contributed by atoms with Crippen molar-refractivity contribution in [2.24, 2.45) is 10.9 Å². The molecule has 20 heavy (non-hydrogen) atoms. The Morgan fingerprint density at radius 2 is 2.35 bits per heavy atom. The van der Waals surface area contributed by atoms with Crippen LogP contribution in [0.25, 0.3) is 0 Å². The second kappa shape index (κ2) is 5.28. The van der Waals surface area contributed by atoms with Gasteiger partial charge in [0, 0.05) is 37.1 Å². The number of hydrogen-bond acceptors (Lipinski definition) is 5. The van der Waals surface area contributed by atoms with Gasteiger partial charge < -0.3 is 15.8 Å². The minimum atomic E-state index is 0.0546. The number of pyridine rings is 1. The van der Waals surface area contributed by atoms with E-state index in [2.05, 4.69) is 26.9 Å². The Morgan fingerprint density at radius 1 is 1.50 bits per heavy atom. The minimum Gasteiger partial charge on any atom is -0.409 e. The molecule has 0 bridgehead atoms. The summed E-state index contributed by atoms with van der Waals surface area (Å²) in [5, 5.41) is 11.8. The van der Waals surface area contributed by atoms with Crippen LogP contribution >= 0.6 is 0 Å². The summed E-state index contributed by atoms with van der Waals surface area (Å²) in [5.41, 5.74) is 7.24. The average Bonchev–Trinajstić information content (AvgIpc) is 2.92. The summed E-state index contributed by atoms with van der Waals surface area (Å²) in [6, 6.07) is 5.02. The summed E-state index contributed by atoms with van der Waals surface area (Å²) in [4.78, 5) is 9.14. The molecule has 3 rings (SSSR count). The first kappa shape index (κ1) is 13.2. The van der Waals surface area contributed by atoms with Crippen LogP contribution in [-0.4, -0.2) is 52.6 Å². The highest BCUT2D eigenvalue weighted by atomic mass is 16.4. The predicted molar refractivity (Wildman–Crippen MR) is 78.2 cm³/mol. The van der Waals surface area contributed by atoms with Crippen LogP contribution in [0.15, 0.2) is 23.5 Å². The fourth-order valence-corrected chi connectivity index (χ4v) is 3.34. The molecule has 6 nitrogen and oxygen atoms in total. The number of nitrogens with two attached hydrogens (primary N) is 1. The van der Waals surface area contributed by atoms with Crippen molar-refractivity contribution in [1.82, 2.24) is 9.88 Å². The van der Waals surface area contributed by atoms with Crippen molar-refractivity contribution in [2.45, 2.75) is 31.8 Å². The van der Waals surface area contributed by atoms with Gasteiger partial charge in [-0.05, 0) is 38.4 Å². The quantitative estimate of drug-likeness (QED) is 0.362. The number of aromatic nitrogens is 1. The van der Waals surface area contributed by atoms with Crippen molar-refractivity contribution in [3.8, 4) is 0 Å². The summed E-state index contributed by atoms with van der Waals surface area (Å²) < 4.78 is 0. The molecule has 3 heterocycles. The summed E-state index contributed by atoms with van der Waals surface area (Å²) in [6.07, 6.45) is 4.30. The molecular weight excluding hydrogens is 254 g/mol. The first-order valence-electron chi connectivity index (χ1n) is 7.13. The maximum atomic E-state index is 8.77. The lowest BCUT2D eigenvalue weighted by Crippen LogP contribution is -2.55. The van der Waals surface area contributed by atoms with Crippen molar-refractivity contribution in [2.75, 3.05) is 24.5 Å². The molecule has 2 saturated heterocycles.